The number of fused-ring (bicyclic) bond motifs is 3. The molecular weight excluding hydrogens is 468 g/mol. The van der Waals surface area contributed by atoms with Crippen molar-refractivity contribution in [2.24, 2.45) is 0 Å². The first-order valence-electron chi connectivity index (χ1n) is 10.9. The van der Waals surface area contributed by atoms with E-state index in [0.717, 1.165) is 22.4 Å². The van der Waals surface area contributed by atoms with Crippen molar-refractivity contribution >= 4 is 33.8 Å². The Morgan fingerprint density at radius 1 is 0.917 bits per heavy atom. The molecule has 0 saturated heterocycles. The van der Waals surface area contributed by atoms with Gasteiger partial charge in [0.2, 0.25) is 5.91 Å². The van der Waals surface area contributed by atoms with Crippen LogP contribution < -0.4 is 5.32 Å². The second-order valence-corrected chi connectivity index (χ2v) is 8.13. The molecule has 0 spiro atoms. The Kier molecular flexibility index (Phi) is 5.73. The molecule has 0 aliphatic heterocycles. The second-order valence-electron chi connectivity index (χ2n) is 8.13. The van der Waals surface area contributed by atoms with Crippen LogP contribution in [0.4, 0.5) is 8.78 Å². The van der Waals surface area contributed by atoms with E-state index in [-0.39, 0.29) is 6.54 Å². The predicted molar refractivity (Wildman–Crippen MR) is 131 cm³/mol. The minimum Gasteiger partial charge on any atom is -0.504 e. The Balaban J connectivity index is 1.42. The molecule has 0 bridgehead atoms. The SMILES string of the molecule is O=C(/C=C/c1cc(O)c(O)c(O)c1)NCc1cc2c3ccccc3n(-c3cc(F)cc(F)c3)c2cn1. The van der Waals surface area contributed by atoms with Crippen LogP contribution in [0.2, 0.25) is 0 Å². The molecule has 3 aromatic carbocycles. The molecule has 0 radical (unpaired) electrons. The number of carbonyl (C=O) groups is 1. The van der Waals surface area contributed by atoms with E-state index in [1.165, 1.54) is 36.4 Å². The number of amides is 1. The van der Waals surface area contributed by atoms with Gasteiger partial charge in [0.05, 0.1) is 35.2 Å². The number of para-hydroxylation sites is 1. The number of rotatable bonds is 5. The number of phenolic OH excluding ortho intramolecular Hbond substituents is 3. The monoisotopic (exact) mass is 487 g/mol. The van der Waals surface area contributed by atoms with Crippen molar-refractivity contribution in [3.8, 4) is 22.9 Å². The number of hydrogen-bond donors (Lipinski definition) is 4. The Morgan fingerprint density at radius 2 is 1.61 bits per heavy atom. The summed E-state index contributed by atoms with van der Waals surface area (Å²) < 4.78 is 29.6. The van der Waals surface area contributed by atoms with Crippen molar-refractivity contribution in [2.45, 2.75) is 6.54 Å². The normalized spacial score (nSPS) is 11.5. The molecule has 2 aromatic heterocycles. The van der Waals surface area contributed by atoms with Crippen LogP contribution in [0.15, 0.2) is 72.9 Å². The van der Waals surface area contributed by atoms with E-state index in [2.05, 4.69) is 10.3 Å². The number of nitrogens with zero attached hydrogens (tertiary/aromatic N) is 2. The number of phenols is 3. The lowest BCUT2D eigenvalue weighted by Gasteiger charge is -2.08. The average molecular weight is 487 g/mol. The molecule has 0 fully saturated rings. The van der Waals surface area contributed by atoms with Crippen molar-refractivity contribution in [3.05, 3.63) is 95.8 Å². The molecule has 9 heteroatoms. The average Bonchev–Trinajstić information content (AvgIpc) is 3.18. The summed E-state index contributed by atoms with van der Waals surface area (Å²) in [5, 5.41) is 32.9. The Morgan fingerprint density at radius 3 is 2.33 bits per heavy atom. The molecule has 7 nitrogen and oxygen atoms in total. The van der Waals surface area contributed by atoms with Gasteiger partial charge in [0.25, 0.3) is 0 Å². The van der Waals surface area contributed by atoms with Crippen LogP contribution in [-0.2, 0) is 11.3 Å². The van der Waals surface area contributed by atoms with Crippen molar-refractivity contribution < 1.29 is 28.9 Å². The molecule has 4 N–H and O–H groups in total. The fourth-order valence-corrected chi connectivity index (χ4v) is 4.08. The summed E-state index contributed by atoms with van der Waals surface area (Å²) in [6, 6.07) is 15.0. The zero-order chi connectivity index (χ0) is 25.4. The van der Waals surface area contributed by atoms with Crippen molar-refractivity contribution in [1.82, 2.24) is 14.9 Å². The summed E-state index contributed by atoms with van der Waals surface area (Å²) in [7, 11) is 0. The number of nitrogens with one attached hydrogen (secondary N) is 1. The van der Waals surface area contributed by atoms with Gasteiger partial charge in [-0.05, 0) is 48.0 Å². The van der Waals surface area contributed by atoms with Gasteiger partial charge < -0.3 is 25.2 Å². The minimum absolute atomic E-state index is 0.110. The van der Waals surface area contributed by atoms with Gasteiger partial charge >= 0.3 is 0 Å². The summed E-state index contributed by atoms with van der Waals surface area (Å²) in [6.07, 6.45) is 4.18. The largest absolute Gasteiger partial charge is 0.504 e. The predicted octanol–water partition coefficient (Wildman–Crippen LogP) is 4.90. The highest BCUT2D eigenvalue weighted by molar-refractivity contribution is 6.09. The third kappa shape index (κ3) is 4.29. The maximum atomic E-state index is 13.9. The quantitative estimate of drug-likeness (QED) is 0.208. The molecule has 1 amide bonds. The molecule has 36 heavy (non-hydrogen) atoms. The molecular formula is C27H19F2N3O4. The van der Waals surface area contributed by atoms with E-state index in [1.54, 1.807) is 10.8 Å². The molecule has 0 saturated carbocycles. The van der Waals surface area contributed by atoms with Crippen LogP contribution in [0.5, 0.6) is 17.2 Å². The maximum absolute atomic E-state index is 13.9. The van der Waals surface area contributed by atoms with Gasteiger partial charge in [0.1, 0.15) is 11.6 Å². The van der Waals surface area contributed by atoms with Crippen molar-refractivity contribution in [2.75, 3.05) is 0 Å². The van der Waals surface area contributed by atoms with Crippen LogP contribution in [0.25, 0.3) is 33.6 Å². The number of hydrogen-bond acceptors (Lipinski definition) is 5. The number of halogens is 2. The highest BCUT2D eigenvalue weighted by Crippen LogP contribution is 2.36. The summed E-state index contributed by atoms with van der Waals surface area (Å²) in [5.41, 5.74) is 2.63. The summed E-state index contributed by atoms with van der Waals surface area (Å²) in [4.78, 5) is 16.7. The zero-order valence-corrected chi connectivity index (χ0v) is 18.6. The van der Waals surface area contributed by atoms with E-state index in [0.29, 0.717) is 22.5 Å². The fourth-order valence-electron chi connectivity index (χ4n) is 4.08. The highest BCUT2D eigenvalue weighted by Gasteiger charge is 2.15. The van der Waals surface area contributed by atoms with Gasteiger partial charge in [0.15, 0.2) is 17.2 Å². The number of aromatic hydroxyl groups is 3. The molecule has 0 aliphatic carbocycles. The molecule has 0 unspecified atom stereocenters. The van der Waals surface area contributed by atoms with Gasteiger partial charge in [0, 0.05) is 22.9 Å². The molecule has 180 valence electrons. The number of pyridine rings is 1. The second kappa shape index (κ2) is 9.03. The van der Waals surface area contributed by atoms with Crippen molar-refractivity contribution in [1.29, 1.82) is 0 Å². The van der Waals surface area contributed by atoms with E-state index in [4.69, 9.17) is 0 Å². The lowest BCUT2D eigenvalue weighted by Crippen LogP contribution is -2.20. The van der Waals surface area contributed by atoms with E-state index in [1.807, 2.05) is 30.3 Å². The van der Waals surface area contributed by atoms with Gasteiger partial charge in [-0.3, -0.25) is 9.78 Å². The van der Waals surface area contributed by atoms with Gasteiger partial charge in [-0.2, -0.15) is 0 Å². The number of benzene rings is 3. The van der Waals surface area contributed by atoms with Crippen LogP contribution in [-0.4, -0.2) is 30.8 Å². The lowest BCUT2D eigenvalue weighted by molar-refractivity contribution is -0.116. The Bertz CT molecular complexity index is 1630. The van der Waals surface area contributed by atoms with E-state index < -0.39 is 34.8 Å². The fraction of sp³-hybridized carbons (Fsp3) is 0.0370. The summed E-state index contributed by atoms with van der Waals surface area (Å²) in [5.74, 6) is -3.47. The third-order valence-corrected chi connectivity index (χ3v) is 5.68. The van der Waals surface area contributed by atoms with E-state index >= 15 is 0 Å². The van der Waals surface area contributed by atoms with Gasteiger partial charge in [-0.15, -0.1) is 0 Å². The highest BCUT2D eigenvalue weighted by atomic mass is 19.1. The maximum Gasteiger partial charge on any atom is 0.244 e. The Labute approximate surface area is 203 Å². The number of carbonyl (C=O) groups excluding carboxylic acids is 1. The molecule has 5 rings (SSSR count). The minimum atomic E-state index is -0.686. The first-order valence-corrected chi connectivity index (χ1v) is 10.9. The van der Waals surface area contributed by atoms with Gasteiger partial charge in [-0.25, -0.2) is 8.78 Å². The molecule has 2 heterocycles. The van der Waals surface area contributed by atoms with E-state index in [9.17, 15) is 28.9 Å². The Hall–Kier alpha value is -4.92. The lowest BCUT2D eigenvalue weighted by atomic mass is 10.1. The first kappa shape index (κ1) is 22.9. The molecule has 0 aliphatic rings. The molecule has 0 atom stereocenters. The van der Waals surface area contributed by atoms with Crippen molar-refractivity contribution in [3.63, 3.8) is 0 Å². The van der Waals surface area contributed by atoms with Gasteiger partial charge in [-0.1, -0.05) is 18.2 Å². The number of aromatic nitrogens is 2. The summed E-state index contributed by atoms with van der Waals surface area (Å²) in [6.45, 7) is 0.110. The summed E-state index contributed by atoms with van der Waals surface area (Å²) >= 11 is 0. The van der Waals surface area contributed by atoms with Crippen LogP contribution >= 0.6 is 0 Å². The topological polar surface area (TPSA) is 108 Å². The molecule has 5 aromatic rings. The van der Waals surface area contributed by atoms with Crippen LogP contribution in [0.3, 0.4) is 0 Å². The van der Waals surface area contributed by atoms with Crippen LogP contribution in [0.1, 0.15) is 11.3 Å². The van der Waals surface area contributed by atoms with Crippen LogP contribution in [0, 0.1) is 11.6 Å². The smallest absolute Gasteiger partial charge is 0.244 e. The first-order chi connectivity index (χ1) is 17.3. The zero-order valence-electron chi connectivity index (χ0n) is 18.6. The third-order valence-electron chi connectivity index (χ3n) is 5.68. The standard InChI is InChI=1S/C27H19F2N3O4/c28-16-9-17(29)11-19(10-16)32-22-4-2-1-3-20(22)21-12-18(30-14-23(21)32)13-31-26(35)6-5-15-7-24(33)27(36)25(34)8-15/h1-12,14,33-34,36H,13H2,(H,31,35)/b6-5+.